The van der Waals surface area contributed by atoms with Crippen molar-refractivity contribution in [3.63, 3.8) is 0 Å². The third-order valence-corrected chi connectivity index (χ3v) is 0. The summed E-state index contributed by atoms with van der Waals surface area (Å²) < 4.78 is 0. The summed E-state index contributed by atoms with van der Waals surface area (Å²) in [7, 11) is 0. The van der Waals surface area contributed by atoms with Gasteiger partial charge in [-0.2, -0.15) is 0 Å². The first-order chi connectivity index (χ1) is 0. The van der Waals surface area contributed by atoms with Gasteiger partial charge in [-0.25, -0.2) is 0 Å². The maximum Gasteiger partial charge on any atom is 3.00 e. The average molecular weight is 386 g/mol. The number of rotatable bonds is 0. The maximum absolute atomic E-state index is 0. The quantitative estimate of drug-likeness (QED) is 0.481. The summed E-state index contributed by atoms with van der Waals surface area (Å²) in [5, 5.41) is 0. The second-order valence-corrected chi connectivity index (χ2v) is 0. The molecule has 87 valence electrons. The van der Waals surface area contributed by atoms with E-state index in [1.54, 1.807) is 0 Å². The number of hydrogen-bond donors (Lipinski definition) is 0. The van der Waals surface area contributed by atoms with E-state index in [1.807, 2.05) is 0 Å². The van der Waals surface area contributed by atoms with Gasteiger partial charge in [0.2, 0.25) is 0 Å². The van der Waals surface area contributed by atoms with E-state index >= 15 is 0 Å². The average Bonchev–Trinajstić information content (AvgIpc) is 0. The normalized spacial score (nSPS) is 0. The van der Waals surface area contributed by atoms with E-state index in [1.165, 1.54) is 0 Å². The predicted molar refractivity (Wildman–Crippen MR) is 6.18 cm³/mol. The van der Waals surface area contributed by atoms with Crippen LogP contribution in [0.3, 0.4) is 0 Å². The molecule has 0 heterocycles. The van der Waals surface area contributed by atoms with Crippen molar-refractivity contribution in [3.05, 3.63) is 0 Å². The van der Waals surface area contributed by atoms with Gasteiger partial charge in [-0.1, -0.05) is 0 Å². The van der Waals surface area contributed by atoms with E-state index in [2.05, 4.69) is 0 Å². The van der Waals surface area contributed by atoms with Crippen LogP contribution in [0.5, 0.6) is 0 Å². The van der Waals surface area contributed by atoms with Crippen LogP contribution in [0.25, 0.3) is 0 Å². The molecule has 0 rings (SSSR count). The van der Waals surface area contributed by atoms with E-state index in [-0.39, 0.29) is 138 Å². The zero-order valence-electron chi connectivity index (χ0n) is 5.59. The molecule has 0 saturated carbocycles. The molecule has 0 aromatic rings. The minimum absolute atomic E-state index is 0. The third kappa shape index (κ3) is 363. The summed E-state index contributed by atoms with van der Waals surface area (Å²) in [5.41, 5.74) is 0. The summed E-state index contributed by atoms with van der Waals surface area (Å²) in [6.45, 7) is 0. The zero-order valence-corrected chi connectivity index (χ0v) is 12.6. The van der Waals surface area contributed by atoms with Crippen molar-refractivity contribution in [1.29, 1.82) is 0 Å². The molecular weight excluding hydrogens is 386 g/mol. The summed E-state index contributed by atoms with van der Waals surface area (Å²) in [4.78, 5) is 0. The van der Waals surface area contributed by atoms with Gasteiger partial charge in [-0.3, -0.25) is 0 Å². The first-order valence-electron chi connectivity index (χ1n) is 0. The largest absolute Gasteiger partial charge is 3.00 e. The Morgan fingerprint density at radius 3 is 0.231 bits per heavy atom. The fourth-order valence-electron chi connectivity index (χ4n) is 0. The summed E-state index contributed by atoms with van der Waals surface area (Å²) in [6, 6.07) is 0. The molecule has 0 atom stereocenters. The van der Waals surface area contributed by atoms with Gasteiger partial charge in [0.1, 0.15) is 0 Å². The Morgan fingerprint density at radius 1 is 0.231 bits per heavy atom. The van der Waals surface area contributed by atoms with Crippen molar-refractivity contribution in [1.82, 2.24) is 0 Å². The van der Waals surface area contributed by atoms with E-state index in [0.29, 0.717) is 0 Å². The van der Waals surface area contributed by atoms with Crippen molar-refractivity contribution < 1.29 is 138 Å². The van der Waals surface area contributed by atoms with E-state index < -0.39 is 0 Å². The van der Waals surface area contributed by atoms with Crippen LogP contribution < -0.4 is 0 Å². The molecule has 0 bridgehead atoms. The van der Waals surface area contributed by atoms with Gasteiger partial charge in [0.25, 0.3) is 0 Å². The van der Waals surface area contributed by atoms with Gasteiger partial charge >= 0.3 is 32.7 Å². The van der Waals surface area contributed by atoms with E-state index in [4.69, 9.17) is 0 Å². The zero-order chi connectivity index (χ0) is 0. The predicted octanol–water partition coefficient (Wildman–Crippen LogP) is -1.08. The second kappa shape index (κ2) is 424. The molecule has 9 nitrogen and oxygen atoms in total. The van der Waals surface area contributed by atoms with Gasteiger partial charge in [-0.05, 0) is 0 Å². The van der Waals surface area contributed by atoms with Crippen LogP contribution in [-0.4, -0.2) is 0 Å². The Balaban J connectivity index is 0. The molecule has 0 aromatic carbocycles. The van der Waals surface area contributed by atoms with Gasteiger partial charge in [-0.15, -0.1) is 0 Å². The molecule has 0 N–H and O–H groups in total. The Bertz CT molecular complexity index is 14.8. The van der Waals surface area contributed by atoms with Crippen LogP contribution in [0.4, 0.5) is 0 Å². The van der Waals surface area contributed by atoms with Crippen molar-refractivity contribution in [2.45, 2.75) is 0 Å². The van der Waals surface area contributed by atoms with Crippen molar-refractivity contribution in [2.75, 3.05) is 0 Å². The molecule has 0 spiro atoms. The minimum atomic E-state index is 0. The van der Waals surface area contributed by atoms with Gasteiger partial charge in [0, 0.05) is 55.7 Å². The van der Waals surface area contributed by atoms with Crippen LogP contribution in [0.2, 0.25) is 0 Å². The van der Waals surface area contributed by atoms with Crippen molar-refractivity contribution in [2.24, 2.45) is 0 Å². The Hall–Kier alpha value is 2.50. The molecule has 0 aliphatic carbocycles. The van der Waals surface area contributed by atoms with Crippen molar-refractivity contribution in [3.8, 4) is 0 Å². The summed E-state index contributed by atoms with van der Waals surface area (Å²) >= 11 is 0. The molecule has 0 aliphatic rings. The van der Waals surface area contributed by atoms with Crippen LogP contribution in [0, 0.1) is 0 Å². The van der Waals surface area contributed by atoms with E-state index in [9.17, 15) is 0 Å². The molecule has 0 amide bonds. The molecule has 0 aromatic heterocycles. The molecule has 3 radical (unpaired) electrons. The van der Waals surface area contributed by atoms with Crippen LogP contribution in [-0.2, 0) is 138 Å². The topological polar surface area (TPSA) is 256 Å². The molecular formula is O9V3Y-15. The van der Waals surface area contributed by atoms with Crippen LogP contribution >= 0.6 is 0 Å². The molecule has 0 saturated heterocycles. The SMILES string of the molecule is [O-2].[O-2].[O-2].[O-2].[O-2].[O-2].[O-2].[O-2].[O-2].[V].[V].[V].[Y+3]. The van der Waals surface area contributed by atoms with Crippen LogP contribution in [0.15, 0.2) is 0 Å². The Kier molecular flexibility index (Phi) is 17000. The second-order valence-electron chi connectivity index (χ2n) is 0. The fraction of sp³-hybridized carbons (Fsp3) is 0. The minimum Gasteiger partial charge on any atom is -2.00 e. The van der Waals surface area contributed by atoms with Crippen molar-refractivity contribution >= 4 is 0 Å². The molecule has 0 fully saturated rings. The molecule has 0 aliphatic heterocycles. The maximum atomic E-state index is 0. The summed E-state index contributed by atoms with van der Waals surface area (Å²) in [6.07, 6.45) is 0. The Labute approximate surface area is 136 Å². The van der Waals surface area contributed by atoms with Gasteiger partial charge in [0.05, 0.1) is 0 Å². The van der Waals surface area contributed by atoms with Gasteiger partial charge in [0.15, 0.2) is 0 Å². The first kappa shape index (κ1) is 522. The first-order valence-corrected chi connectivity index (χ1v) is 0. The third-order valence-electron chi connectivity index (χ3n) is 0. The number of hydrogen-bond acceptors (Lipinski definition) is 0. The molecule has 0 unspecified atom stereocenters. The summed E-state index contributed by atoms with van der Waals surface area (Å²) in [5.74, 6) is 0. The van der Waals surface area contributed by atoms with Crippen LogP contribution in [0.1, 0.15) is 0 Å². The molecule has 13 heteroatoms. The molecule has 13 heavy (non-hydrogen) atoms. The smallest absolute Gasteiger partial charge is 2.00 e. The monoisotopic (exact) mass is 386 g/mol. The van der Waals surface area contributed by atoms with Gasteiger partial charge < -0.3 is 49.3 Å². The van der Waals surface area contributed by atoms with E-state index in [0.717, 1.165) is 0 Å². The fourth-order valence-corrected chi connectivity index (χ4v) is 0. The standard InChI is InChI=1S/9O.3V.Y/q9*-2;;;;+3. The Morgan fingerprint density at radius 2 is 0.231 bits per heavy atom.